The number of carbonyl (C=O) groups excluding carboxylic acids is 1. The number of hydrogen-bond acceptors (Lipinski definition) is 5. The molecule has 6 nitrogen and oxygen atoms in total. The third-order valence-electron chi connectivity index (χ3n) is 2.01. The highest BCUT2D eigenvalue weighted by atomic mass is 31.2. The van der Waals surface area contributed by atoms with Gasteiger partial charge in [0.1, 0.15) is 12.7 Å². The fourth-order valence-corrected chi connectivity index (χ4v) is 2.62. The van der Waals surface area contributed by atoms with Crippen LogP contribution < -0.4 is 0 Å². The summed E-state index contributed by atoms with van der Waals surface area (Å²) in [6, 6.07) is 0. The predicted molar refractivity (Wildman–Crippen MR) is 58.2 cm³/mol. The molecule has 0 aromatic rings. The maximum atomic E-state index is 11.5. The molecule has 3 unspecified atom stereocenters. The number of ether oxygens (including phenoxy) is 1. The van der Waals surface area contributed by atoms with E-state index in [0.29, 0.717) is 6.42 Å². The average Bonchev–Trinajstić information content (AvgIpc) is 2.24. The molecule has 3 atom stereocenters. The van der Waals surface area contributed by atoms with Crippen molar-refractivity contribution >= 4 is 13.3 Å². The van der Waals surface area contributed by atoms with Gasteiger partial charge in [0, 0.05) is 12.6 Å². The van der Waals surface area contributed by atoms with Gasteiger partial charge in [-0.2, -0.15) is 0 Å². The summed E-state index contributed by atoms with van der Waals surface area (Å²) >= 11 is 0. The van der Waals surface area contributed by atoms with Crippen molar-refractivity contribution in [2.45, 2.75) is 38.6 Å². The van der Waals surface area contributed by atoms with Gasteiger partial charge >= 0.3 is 5.97 Å². The van der Waals surface area contributed by atoms with Crippen LogP contribution in [0.2, 0.25) is 0 Å². The van der Waals surface area contributed by atoms with Gasteiger partial charge in [-0.05, 0) is 6.42 Å². The quantitative estimate of drug-likeness (QED) is 0.446. The zero-order valence-corrected chi connectivity index (χ0v) is 10.4. The van der Waals surface area contributed by atoms with Gasteiger partial charge in [0.2, 0.25) is 7.37 Å². The summed E-state index contributed by atoms with van der Waals surface area (Å²) in [6.45, 7) is 2.81. The summed E-state index contributed by atoms with van der Waals surface area (Å²) in [4.78, 5) is 20.1. The molecule has 0 bridgehead atoms. The normalized spacial score (nSPS) is 18.6. The second-order valence-electron chi connectivity index (χ2n) is 3.50. The second-order valence-corrected chi connectivity index (χ2v) is 5.98. The highest BCUT2D eigenvalue weighted by Crippen LogP contribution is 2.46. The zero-order chi connectivity index (χ0) is 12.8. The Morgan fingerprint density at radius 2 is 1.94 bits per heavy atom. The minimum atomic E-state index is -3.79. The molecule has 0 aromatic heterocycles. The molecule has 0 heterocycles. The van der Waals surface area contributed by atoms with Crippen molar-refractivity contribution < 1.29 is 29.2 Å². The Kier molecular flexibility index (Phi) is 6.83. The molecule has 0 saturated heterocycles. The first-order valence-electron chi connectivity index (χ1n) is 5.18. The number of rotatable bonds is 7. The average molecular weight is 254 g/mol. The second kappa shape index (κ2) is 7.01. The molecule has 0 aliphatic heterocycles. The standard InChI is InChI=1S/C9H19O6P/c1-3-5-16(13,14)9(12)7(10)6-15-8(11)4-2/h7,9-10,12H,3-6H2,1-2H3,(H,13,14). The molecule has 16 heavy (non-hydrogen) atoms. The molecular formula is C9H19O6P. The van der Waals surface area contributed by atoms with Crippen LogP contribution in [-0.4, -0.2) is 45.8 Å². The van der Waals surface area contributed by atoms with Crippen molar-refractivity contribution in [3.05, 3.63) is 0 Å². The molecular weight excluding hydrogens is 235 g/mol. The number of aliphatic hydroxyl groups excluding tert-OH is 2. The van der Waals surface area contributed by atoms with E-state index in [1.807, 2.05) is 0 Å². The maximum absolute atomic E-state index is 11.5. The smallest absolute Gasteiger partial charge is 0.305 e. The summed E-state index contributed by atoms with van der Waals surface area (Å²) in [6.07, 6.45) is -1.04. The number of carbonyl (C=O) groups is 1. The molecule has 0 aliphatic carbocycles. The lowest BCUT2D eigenvalue weighted by Crippen LogP contribution is -2.32. The highest BCUT2D eigenvalue weighted by Gasteiger charge is 2.34. The van der Waals surface area contributed by atoms with E-state index in [9.17, 15) is 24.5 Å². The molecule has 3 N–H and O–H groups in total. The minimum absolute atomic E-state index is 0.0764. The zero-order valence-electron chi connectivity index (χ0n) is 9.50. The van der Waals surface area contributed by atoms with Crippen molar-refractivity contribution in [2.75, 3.05) is 12.8 Å². The molecule has 0 aliphatic rings. The largest absolute Gasteiger partial charge is 0.463 e. The molecule has 0 radical (unpaired) electrons. The number of esters is 1. The third-order valence-corrected chi connectivity index (χ3v) is 4.26. The Hall–Kier alpha value is -0.420. The monoisotopic (exact) mass is 254 g/mol. The molecule has 96 valence electrons. The Morgan fingerprint density at radius 3 is 2.38 bits per heavy atom. The van der Waals surface area contributed by atoms with Gasteiger partial charge in [0.15, 0.2) is 5.85 Å². The number of hydrogen-bond donors (Lipinski definition) is 3. The Bertz CT molecular complexity index is 267. The summed E-state index contributed by atoms with van der Waals surface area (Å²) in [7, 11) is -3.79. The van der Waals surface area contributed by atoms with E-state index in [2.05, 4.69) is 4.74 Å². The lowest BCUT2D eigenvalue weighted by atomic mass is 10.4. The first kappa shape index (κ1) is 15.6. The van der Waals surface area contributed by atoms with Crippen LogP contribution in [0, 0.1) is 0 Å². The topological polar surface area (TPSA) is 104 Å². The predicted octanol–water partition coefficient (Wildman–Crippen LogP) is 0.299. The Morgan fingerprint density at radius 1 is 1.38 bits per heavy atom. The van der Waals surface area contributed by atoms with Crippen LogP contribution in [0.3, 0.4) is 0 Å². The van der Waals surface area contributed by atoms with Crippen molar-refractivity contribution in [1.82, 2.24) is 0 Å². The van der Waals surface area contributed by atoms with Crippen LogP contribution in [-0.2, 0) is 14.1 Å². The Balaban J connectivity index is 4.22. The Labute approximate surface area is 94.7 Å². The fraction of sp³-hybridized carbons (Fsp3) is 0.889. The van der Waals surface area contributed by atoms with Gasteiger partial charge in [-0.25, -0.2) is 0 Å². The summed E-state index contributed by atoms with van der Waals surface area (Å²) in [5.74, 6) is -2.30. The lowest BCUT2D eigenvalue weighted by Gasteiger charge is -2.22. The minimum Gasteiger partial charge on any atom is -0.463 e. The van der Waals surface area contributed by atoms with Crippen LogP contribution in [0.5, 0.6) is 0 Å². The first-order valence-corrected chi connectivity index (χ1v) is 7.09. The van der Waals surface area contributed by atoms with E-state index in [1.54, 1.807) is 13.8 Å². The molecule has 0 aromatic carbocycles. The highest BCUT2D eigenvalue weighted by molar-refractivity contribution is 7.58. The SMILES string of the molecule is CCCP(=O)(O)C(O)C(O)COC(=O)CC. The van der Waals surface area contributed by atoms with Crippen LogP contribution >= 0.6 is 7.37 Å². The van der Waals surface area contributed by atoms with Crippen LogP contribution in [0.25, 0.3) is 0 Å². The van der Waals surface area contributed by atoms with Crippen molar-refractivity contribution in [2.24, 2.45) is 0 Å². The summed E-state index contributed by atoms with van der Waals surface area (Å²) in [5.41, 5.74) is 0. The molecule has 0 saturated carbocycles. The molecule has 0 spiro atoms. The van der Waals surface area contributed by atoms with Gasteiger partial charge in [-0.15, -0.1) is 0 Å². The van der Waals surface area contributed by atoms with E-state index in [4.69, 9.17) is 0 Å². The summed E-state index contributed by atoms with van der Waals surface area (Å²) in [5, 5.41) is 18.8. The fourth-order valence-electron chi connectivity index (χ4n) is 1.09. The van der Waals surface area contributed by atoms with E-state index >= 15 is 0 Å². The molecule has 0 fully saturated rings. The molecule has 0 amide bonds. The van der Waals surface area contributed by atoms with Crippen molar-refractivity contribution in [3.63, 3.8) is 0 Å². The van der Waals surface area contributed by atoms with E-state index in [1.165, 1.54) is 0 Å². The number of aliphatic hydroxyl groups is 2. The van der Waals surface area contributed by atoms with Crippen molar-refractivity contribution in [1.29, 1.82) is 0 Å². The third kappa shape index (κ3) is 5.07. The van der Waals surface area contributed by atoms with E-state index in [0.717, 1.165) is 0 Å². The molecule has 0 rings (SSSR count). The van der Waals surface area contributed by atoms with Crippen LogP contribution in [0.1, 0.15) is 26.7 Å². The van der Waals surface area contributed by atoms with Crippen LogP contribution in [0.4, 0.5) is 0 Å². The van der Waals surface area contributed by atoms with Gasteiger partial charge in [-0.3, -0.25) is 9.36 Å². The summed E-state index contributed by atoms with van der Waals surface area (Å²) < 4.78 is 16.0. The van der Waals surface area contributed by atoms with Crippen LogP contribution in [0.15, 0.2) is 0 Å². The first-order chi connectivity index (χ1) is 7.35. The van der Waals surface area contributed by atoms with Gasteiger partial charge in [0.05, 0.1) is 0 Å². The van der Waals surface area contributed by atoms with E-state index in [-0.39, 0.29) is 12.6 Å². The van der Waals surface area contributed by atoms with Gasteiger partial charge in [-0.1, -0.05) is 13.8 Å². The van der Waals surface area contributed by atoms with Crippen molar-refractivity contribution in [3.8, 4) is 0 Å². The lowest BCUT2D eigenvalue weighted by molar-refractivity contribution is -0.147. The molecule has 7 heteroatoms. The van der Waals surface area contributed by atoms with Gasteiger partial charge in [0.25, 0.3) is 0 Å². The van der Waals surface area contributed by atoms with Gasteiger partial charge < -0.3 is 19.8 Å². The van der Waals surface area contributed by atoms with E-state index < -0.39 is 31.9 Å². The maximum Gasteiger partial charge on any atom is 0.305 e.